The zero-order valence-electron chi connectivity index (χ0n) is 8.89. The molecule has 0 amide bonds. The van der Waals surface area contributed by atoms with E-state index < -0.39 is 6.10 Å². The molecule has 1 atom stereocenters. The van der Waals surface area contributed by atoms with Gasteiger partial charge in [0.05, 0.1) is 13.2 Å². The second kappa shape index (κ2) is 6.04. The highest BCUT2D eigenvalue weighted by Crippen LogP contribution is 2.12. The maximum absolute atomic E-state index is 9.43. The summed E-state index contributed by atoms with van der Waals surface area (Å²) in [5.74, 6) is 0.832. The van der Waals surface area contributed by atoms with Crippen LogP contribution in [0.1, 0.15) is 12.0 Å². The molecule has 0 fully saturated rings. The summed E-state index contributed by atoms with van der Waals surface area (Å²) in [7, 11) is 1.64. The lowest BCUT2D eigenvalue weighted by molar-refractivity contribution is 0.228. The molecule has 1 rings (SSSR count). The van der Waals surface area contributed by atoms with Crippen molar-refractivity contribution in [2.75, 3.05) is 7.11 Å². The Morgan fingerprint density at radius 3 is 2.60 bits per heavy atom. The third kappa shape index (κ3) is 4.00. The van der Waals surface area contributed by atoms with E-state index in [0.29, 0.717) is 6.42 Å². The smallest absolute Gasteiger partial charge is 0.118 e. The highest BCUT2D eigenvalue weighted by atomic mass is 16.5. The number of rotatable bonds is 5. The Morgan fingerprint density at radius 1 is 1.40 bits per heavy atom. The number of aliphatic hydroxyl groups is 1. The van der Waals surface area contributed by atoms with Gasteiger partial charge in [0, 0.05) is 0 Å². The minimum Gasteiger partial charge on any atom is -0.497 e. The summed E-state index contributed by atoms with van der Waals surface area (Å²) in [5.41, 5.74) is 1.04. The Hall–Kier alpha value is -1.54. The Bertz CT molecular complexity index is 325. The van der Waals surface area contributed by atoms with Crippen LogP contribution in [0.4, 0.5) is 0 Å². The summed E-state index contributed by atoms with van der Waals surface area (Å²) in [6.07, 6.45) is 5.46. The average molecular weight is 204 g/mol. The van der Waals surface area contributed by atoms with Crippen molar-refractivity contribution >= 4 is 6.08 Å². The molecule has 15 heavy (non-hydrogen) atoms. The summed E-state index contributed by atoms with van der Waals surface area (Å²) in [4.78, 5) is 0. The van der Waals surface area contributed by atoms with Crippen LogP contribution in [0, 0.1) is 0 Å². The zero-order valence-corrected chi connectivity index (χ0v) is 8.89. The summed E-state index contributed by atoms with van der Waals surface area (Å²) in [5, 5.41) is 9.43. The largest absolute Gasteiger partial charge is 0.497 e. The van der Waals surface area contributed by atoms with Gasteiger partial charge in [-0.25, -0.2) is 0 Å². The van der Waals surface area contributed by atoms with Crippen LogP contribution in [0.25, 0.3) is 6.08 Å². The maximum atomic E-state index is 9.43. The van der Waals surface area contributed by atoms with Crippen LogP contribution < -0.4 is 4.74 Å². The Kier molecular flexibility index (Phi) is 4.64. The molecule has 0 radical (unpaired) electrons. The van der Waals surface area contributed by atoms with E-state index in [1.807, 2.05) is 30.3 Å². The molecule has 0 heterocycles. The zero-order chi connectivity index (χ0) is 11.1. The fraction of sp³-hybridized carbons (Fsp3) is 0.231. The van der Waals surface area contributed by atoms with E-state index >= 15 is 0 Å². The topological polar surface area (TPSA) is 29.5 Å². The van der Waals surface area contributed by atoms with Crippen molar-refractivity contribution in [2.24, 2.45) is 0 Å². The lowest BCUT2D eigenvalue weighted by Gasteiger charge is -2.01. The molecule has 0 aliphatic rings. The highest BCUT2D eigenvalue weighted by molar-refractivity contribution is 5.51. The third-order valence-electron chi connectivity index (χ3n) is 2.03. The number of aliphatic hydroxyl groups excluding tert-OH is 1. The van der Waals surface area contributed by atoms with Crippen molar-refractivity contribution < 1.29 is 9.84 Å². The second-order valence-electron chi connectivity index (χ2n) is 3.22. The van der Waals surface area contributed by atoms with Crippen LogP contribution in [0.15, 0.2) is 43.0 Å². The fourth-order valence-electron chi connectivity index (χ4n) is 1.19. The Labute approximate surface area is 90.5 Å². The van der Waals surface area contributed by atoms with Crippen molar-refractivity contribution in [2.45, 2.75) is 12.5 Å². The molecule has 2 nitrogen and oxygen atoms in total. The standard InChI is InChI=1S/C13H16O2/c1-3-4-12(14)8-5-11-6-9-13(15-2)10-7-11/h3,5-10,12,14H,1,4H2,2H3. The van der Waals surface area contributed by atoms with Gasteiger partial charge in [-0.3, -0.25) is 0 Å². The second-order valence-corrected chi connectivity index (χ2v) is 3.22. The highest BCUT2D eigenvalue weighted by Gasteiger charge is 1.94. The predicted octanol–water partition coefficient (Wildman–Crippen LogP) is 2.65. The molecular formula is C13H16O2. The molecule has 1 unspecified atom stereocenters. The third-order valence-corrected chi connectivity index (χ3v) is 2.03. The van der Waals surface area contributed by atoms with Gasteiger partial charge in [0.25, 0.3) is 0 Å². The quantitative estimate of drug-likeness (QED) is 0.747. The molecule has 1 aromatic rings. The van der Waals surface area contributed by atoms with Gasteiger partial charge in [0.2, 0.25) is 0 Å². The van der Waals surface area contributed by atoms with Gasteiger partial charge in [-0.1, -0.05) is 30.4 Å². The van der Waals surface area contributed by atoms with Crippen LogP contribution >= 0.6 is 0 Å². The number of hydrogen-bond donors (Lipinski definition) is 1. The lowest BCUT2D eigenvalue weighted by atomic mass is 10.1. The molecule has 0 aliphatic carbocycles. The van der Waals surface area contributed by atoms with E-state index in [2.05, 4.69) is 6.58 Å². The van der Waals surface area contributed by atoms with Crippen molar-refractivity contribution in [3.63, 3.8) is 0 Å². The number of methoxy groups -OCH3 is 1. The van der Waals surface area contributed by atoms with E-state index in [-0.39, 0.29) is 0 Å². The number of benzene rings is 1. The molecular weight excluding hydrogens is 188 g/mol. The SMILES string of the molecule is C=CCC(O)C=Cc1ccc(OC)cc1. The number of hydrogen-bond acceptors (Lipinski definition) is 2. The minimum atomic E-state index is -0.454. The average Bonchev–Trinajstić information content (AvgIpc) is 2.27. The molecule has 0 spiro atoms. The van der Waals surface area contributed by atoms with Gasteiger partial charge in [-0.05, 0) is 24.1 Å². The molecule has 1 N–H and O–H groups in total. The Balaban J connectivity index is 2.60. The van der Waals surface area contributed by atoms with Gasteiger partial charge in [0.1, 0.15) is 5.75 Å². The maximum Gasteiger partial charge on any atom is 0.118 e. The van der Waals surface area contributed by atoms with E-state index in [1.165, 1.54) is 0 Å². The molecule has 0 aliphatic heterocycles. The van der Waals surface area contributed by atoms with Gasteiger partial charge >= 0.3 is 0 Å². The summed E-state index contributed by atoms with van der Waals surface area (Å²) in [6, 6.07) is 7.66. The first-order chi connectivity index (χ1) is 7.26. The minimum absolute atomic E-state index is 0.454. The monoisotopic (exact) mass is 204 g/mol. The summed E-state index contributed by atoms with van der Waals surface area (Å²) in [6.45, 7) is 3.57. The van der Waals surface area contributed by atoms with Crippen molar-refractivity contribution in [1.29, 1.82) is 0 Å². The molecule has 2 heteroatoms. The summed E-state index contributed by atoms with van der Waals surface area (Å²) < 4.78 is 5.05. The van der Waals surface area contributed by atoms with Crippen molar-refractivity contribution in [3.05, 3.63) is 48.6 Å². The Morgan fingerprint density at radius 2 is 2.07 bits per heavy atom. The van der Waals surface area contributed by atoms with Gasteiger partial charge in [-0.2, -0.15) is 0 Å². The fourth-order valence-corrected chi connectivity index (χ4v) is 1.19. The predicted molar refractivity (Wildman–Crippen MR) is 62.8 cm³/mol. The summed E-state index contributed by atoms with van der Waals surface area (Å²) >= 11 is 0. The van der Waals surface area contributed by atoms with E-state index in [1.54, 1.807) is 19.3 Å². The van der Waals surface area contributed by atoms with Crippen LogP contribution in [-0.2, 0) is 0 Å². The first-order valence-corrected chi connectivity index (χ1v) is 4.87. The first kappa shape index (κ1) is 11.5. The van der Waals surface area contributed by atoms with Gasteiger partial charge < -0.3 is 9.84 Å². The lowest BCUT2D eigenvalue weighted by Crippen LogP contribution is -1.98. The first-order valence-electron chi connectivity index (χ1n) is 4.87. The van der Waals surface area contributed by atoms with Crippen molar-refractivity contribution in [3.8, 4) is 5.75 Å². The van der Waals surface area contributed by atoms with Crippen molar-refractivity contribution in [1.82, 2.24) is 0 Å². The van der Waals surface area contributed by atoms with Gasteiger partial charge in [0.15, 0.2) is 0 Å². The van der Waals surface area contributed by atoms with E-state index in [4.69, 9.17) is 4.74 Å². The number of ether oxygens (including phenoxy) is 1. The van der Waals surface area contributed by atoms with Crippen LogP contribution in [-0.4, -0.2) is 18.3 Å². The van der Waals surface area contributed by atoms with Crippen LogP contribution in [0.3, 0.4) is 0 Å². The van der Waals surface area contributed by atoms with Gasteiger partial charge in [-0.15, -0.1) is 6.58 Å². The molecule has 0 saturated carbocycles. The molecule has 0 aromatic heterocycles. The van der Waals surface area contributed by atoms with E-state index in [9.17, 15) is 5.11 Å². The molecule has 0 saturated heterocycles. The van der Waals surface area contributed by atoms with Crippen LogP contribution in [0.5, 0.6) is 5.75 Å². The normalized spacial score (nSPS) is 12.7. The van der Waals surface area contributed by atoms with Crippen LogP contribution in [0.2, 0.25) is 0 Å². The van der Waals surface area contributed by atoms with E-state index in [0.717, 1.165) is 11.3 Å². The molecule has 0 bridgehead atoms. The molecule has 1 aromatic carbocycles. The molecule has 80 valence electrons.